The monoisotopic (exact) mass is 287 g/mol. The van der Waals surface area contributed by atoms with E-state index in [9.17, 15) is 4.39 Å². The minimum atomic E-state index is -0.389. The molecule has 108 valence electrons. The first-order valence-electron chi connectivity index (χ1n) is 6.50. The lowest BCUT2D eigenvalue weighted by Crippen LogP contribution is -2.14. The Balaban J connectivity index is 1.66. The molecule has 0 aliphatic rings. The molecule has 0 bridgehead atoms. The van der Waals surface area contributed by atoms with Crippen molar-refractivity contribution >= 4 is 0 Å². The van der Waals surface area contributed by atoms with Crippen molar-refractivity contribution in [2.75, 3.05) is 0 Å². The third-order valence-electron chi connectivity index (χ3n) is 3.07. The van der Waals surface area contributed by atoms with Crippen LogP contribution in [0, 0.1) is 5.82 Å². The van der Waals surface area contributed by atoms with Crippen LogP contribution in [0.4, 0.5) is 4.39 Å². The van der Waals surface area contributed by atoms with E-state index in [0.717, 1.165) is 11.3 Å². The molecule has 0 aliphatic heterocycles. The molecular weight excluding hydrogens is 273 g/mol. The Morgan fingerprint density at radius 1 is 1.29 bits per heavy atom. The highest BCUT2D eigenvalue weighted by molar-refractivity contribution is 5.19. The molecule has 0 fully saturated rings. The van der Waals surface area contributed by atoms with E-state index in [1.54, 1.807) is 24.7 Å². The molecule has 0 spiro atoms. The number of rotatable bonds is 5. The summed E-state index contributed by atoms with van der Waals surface area (Å²) in [7, 11) is 0. The Morgan fingerprint density at radius 3 is 2.81 bits per heavy atom. The molecule has 0 amide bonds. The Labute approximate surface area is 120 Å². The number of nitrogens with two attached hydrogens (primary N) is 1. The van der Waals surface area contributed by atoms with E-state index in [1.165, 1.54) is 12.1 Å². The zero-order valence-corrected chi connectivity index (χ0v) is 11.2. The van der Waals surface area contributed by atoms with Gasteiger partial charge in [-0.15, -0.1) is 0 Å². The summed E-state index contributed by atoms with van der Waals surface area (Å²) >= 11 is 0. The first-order chi connectivity index (χ1) is 10.2. The van der Waals surface area contributed by atoms with Crippen molar-refractivity contribution < 1.29 is 8.91 Å². The maximum atomic E-state index is 12.8. The van der Waals surface area contributed by atoms with E-state index in [0.29, 0.717) is 24.6 Å². The fourth-order valence-corrected chi connectivity index (χ4v) is 2.00. The van der Waals surface area contributed by atoms with Crippen LogP contribution < -0.4 is 5.73 Å². The van der Waals surface area contributed by atoms with Crippen molar-refractivity contribution in [1.82, 2.24) is 20.1 Å². The summed E-state index contributed by atoms with van der Waals surface area (Å²) in [5.74, 6) is 0.632. The molecule has 2 heterocycles. The van der Waals surface area contributed by atoms with Crippen LogP contribution in [0.5, 0.6) is 0 Å². The highest BCUT2D eigenvalue weighted by Gasteiger charge is 2.16. The summed E-state index contributed by atoms with van der Waals surface area (Å²) in [5, 5.41) is 3.90. The Kier molecular flexibility index (Phi) is 3.74. The second-order valence-corrected chi connectivity index (χ2v) is 4.74. The lowest BCUT2D eigenvalue weighted by molar-refractivity contribution is 0.350. The number of benzene rings is 1. The van der Waals surface area contributed by atoms with Gasteiger partial charge in [0.15, 0.2) is 5.82 Å². The van der Waals surface area contributed by atoms with Gasteiger partial charge in [-0.2, -0.15) is 4.98 Å². The van der Waals surface area contributed by atoms with Crippen LogP contribution in [0.25, 0.3) is 0 Å². The van der Waals surface area contributed by atoms with Gasteiger partial charge in [-0.3, -0.25) is 0 Å². The third-order valence-corrected chi connectivity index (χ3v) is 3.07. The number of nitrogens with one attached hydrogen (secondary N) is 1. The van der Waals surface area contributed by atoms with Gasteiger partial charge < -0.3 is 15.2 Å². The lowest BCUT2D eigenvalue weighted by atomic mass is 10.1. The molecule has 3 N–H and O–H groups in total. The molecule has 1 atom stereocenters. The zero-order chi connectivity index (χ0) is 14.7. The Morgan fingerprint density at radius 2 is 2.10 bits per heavy atom. The van der Waals surface area contributed by atoms with Crippen LogP contribution in [0.2, 0.25) is 0 Å². The quantitative estimate of drug-likeness (QED) is 0.745. The summed E-state index contributed by atoms with van der Waals surface area (Å²) in [6, 6.07) is 5.80. The van der Waals surface area contributed by atoms with Crippen molar-refractivity contribution in [3.05, 3.63) is 65.6 Å². The number of halogens is 1. The molecule has 21 heavy (non-hydrogen) atoms. The summed E-state index contributed by atoms with van der Waals surface area (Å²) in [6.07, 6.45) is 4.31. The molecule has 3 rings (SSSR count). The van der Waals surface area contributed by atoms with Crippen molar-refractivity contribution in [2.24, 2.45) is 5.73 Å². The molecule has 3 aromatic rings. The summed E-state index contributed by atoms with van der Waals surface area (Å²) in [6.45, 7) is 0. The number of aromatic amines is 1. The topological polar surface area (TPSA) is 93.6 Å². The van der Waals surface area contributed by atoms with Crippen molar-refractivity contribution in [2.45, 2.75) is 18.9 Å². The summed E-state index contributed by atoms with van der Waals surface area (Å²) in [4.78, 5) is 11.2. The third kappa shape index (κ3) is 3.32. The minimum Gasteiger partial charge on any atom is -0.348 e. The number of imidazole rings is 1. The average Bonchev–Trinajstić information content (AvgIpc) is 3.13. The van der Waals surface area contributed by atoms with E-state index >= 15 is 0 Å². The van der Waals surface area contributed by atoms with Crippen LogP contribution in [0.3, 0.4) is 0 Å². The number of hydrogen-bond acceptors (Lipinski definition) is 5. The van der Waals surface area contributed by atoms with Crippen molar-refractivity contribution in [3.63, 3.8) is 0 Å². The van der Waals surface area contributed by atoms with Gasteiger partial charge in [0, 0.05) is 24.7 Å². The van der Waals surface area contributed by atoms with Gasteiger partial charge in [-0.25, -0.2) is 9.37 Å². The van der Waals surface area contributed by atoms with Crippen molar-refractivity contribution in [3.8, 4) is 0 Å². The molecule has 7 heteroatoms. The van der Waals surface area contributed by atoms with Gasteiger partial charge in [0.25, 0.3) is 0 Å². The van der Waals surface area contributed by atoms with E-state index < -0.39 is 0 Å². The van der Waals surface area contributed by atoms with E-state index in [4.69, 9.17) is 10.3 Å². The van der Waals surface area contributed by atoms with Gasteiger partial charge >= 0.3 is 0 Å². The van der Waals surface area contributed by atoms with E-state index in [2.05, 4.69) is 20.1 Å². The summed E-state index contributed by atoms with van der Waals surface area (Å²) in [5.41, 5.74) is 7.83. The Bertz CT molecular complexity index is 692. The molecule has 6 nitrogen and oxygen atoms in total. The number of H-pyrrole nitrogens is 1. The number of hydrogen-bond donors (Lipinski definition) is 2. The highest BCUT2D eigenvalue weighted by atomic mass is 19.1. The predicted molar refractivity (Wildman–Crippen MR) is 72.7 cm³/mol. The first-order valence-corrected chi connectivity index (χ1v) is 6.50. The van der Waals surface area contributed by atoms with Crippen LogP contribution in [-0.2, 0) is 12.8 Å². The standard InChI is InChI=1S/C14H14FN5O/c15-10-3-1-9(2-4-10)5-13-19-14(21-20-13)12(16)6-11-7-17-8-18-11/h1-4,7-8,12H,5-6,16H2,(H,17,18)/t12-/m1/s1. The molecule has 0 unspecified atom stereocenters. The molecule has 0 saturated carbocycles. The zero-order valence-electron chi connectivity index (χ0n) is 11.2. The maximum Gasteiger partial charge on any atom is 0.243 e. The van der Waals surface area contributed by atoms with Gasteiger partial charge in [-0.05, 0) is 17.7 Å². The second kappa shape index (κ2) is 5.84. The SMILES string of the molecule is N[C@H](Cc1cnc[nH]1)c1nc(Cc2ccc(F)cc2)no1. The smallest absolute Gasteiger partial charge is 0.243 e. The fourth-order valence-electron chi connectivity index (χ4n) is 2.00. The van der Waals surface area contributed by atoms with Gasteiger partial charge in [0.1, 0.15) is 5.82 Å². The normalized spacial score (nSPS) is 12.5. The first kappa shape index (κ1) is 13.4. The summed E-state index contributed by atoms with van der Waals surface area (Å²) < 4.78 is 18.0. The number of aromatic nitrogens is 4. The molecule has 0 saturated heterocycles. The maximum absolute atomic E-state index is 12.8. The molecular formula is C14H14FN5O. The van der Waals surface area contributed by atoms with Crippen LogP contribution >= 0.6 is 0 Å². The minimum absolute atomic E-state index is 0.269. The second-order valence-electron chi connectivity index (χ2n) is 4.74. The molecule has 0 radical (unpaired) electrons. The van der Waals surface area contributed by atoms with Gasteiger partial charge in [0.05, 0.1) is 12.4 Å². The van der Waals surface area contributed by atoms with Gasteiger partial charge in [0.2, 0.25) is 5.89 Å². The van der Waals surface area contributed by atoms with Crippen molar-refractivity contribution in [1.29, 1.82) is 0 Å². The fraction of sp³-hybridized carbons (Fsp3) is 0.214. The highest BCUT2D eigenvalue weighted by Crippen LogP contribution is 2.14. The molecule has 2 aromatic heterocycles. The Hall–Kier alpha value is -2.54. The van der Waals surface area contributed by atoms with E-state index in [1.807, 2.05) is 0 Å². The molecule has 0 aliphatic carbocycles. The van der Waals surface area contributed by atoms with Crippen LogP contribution in [0.15, 0.2) is 41.3 Å². The lowest BCUT2D eigenvalue weighted by Gasteiger charge is -2.03. The number of nitrogens with zero attached hydrogens (tertiary/aromatic N) is 3. The van der Waals surface area contributed by atoms with E-state index in [-0.39, 0.29) is 11.9 Å². The van der Waals surface area contributed by atoms with Crippen LogP contribution in [-0.4, -0.2) is 20.1 Å². The van der Waals surface area contributed by atoms with Crippen LogP contribution in [0.1, 0.15) is 29.0 Å². The van der Waals surface area contributed by atoms with Gasteiger partial charge in [-0.1, -0.05) is 17.3 Å². The largest absolute Gasteiger partial charge is 0.348 e. The average molecular weight is 287 g/mol. The molecule has 1 aromatic carbocycles. The predicted octanol–water partition coefficient (Wildman–Crippen LogP) is 1.77.